The second kappa shape index (κ2) is 4.43. The summed E-state index contributed by atoms with van der Waals surface area (Å²) in [6, 6.07) is 3.63. The smallest absolute Gasteiger partial charge is 0.335 e. The molecule has 0 aliphatic heterocycles. The summed E-state index contributed by atoms with van der Waals surface area (Å²) in [5.74, 6) is -1.18. The van der Waals surface area contributed by atoms with Crippen molar-refractivity contribution in [2.24, 2.45) is 0 Å². The number of carboxylic acid groups (broad SMARTS) is 1. The Morgan fingerprint density at radius 3 is 2.38 bits per heavy atom. The van der Waals surface area contributed by atoms with E-state index >= 15 is 0 Å². The second-order valence-electron chi connectivity index (χ2n) is 3.54. The van der Waals surface area contributed by atoms with Gasteiger partial charge in [0.15, 0.2) is 9.84 Å². The summed E-state index contributed by atoms with van der Waals surface area (Å²) < 4.78 is 23.7. The molecule has 16 heavy (non-hydrogen) atoms. The summed E-state index contributed by atoms with van der Waals surface area (Å²) in [6.45, 7) is 3.03. The number of hydrogen-bond donors (Lipinski definition) is 1. The lowest BCUT2D eigenvalue weighted by atomic mass is 10.2. The highest BCUT2D eigenvalue weighted by Gasteiger charge is 2.23. The van der Waals surface area contributed by atoms with Gasteiger partial charge in [-0.25, -0.2) is 13.2 Å². The maximum Gasteiger partial charge on any atom is 0.335 e. The quantitative estimate of drug-likeness (QED) is 0.907. The van der Waals surface area contributed by atoms with Crippen molar-refractivity contribution in [1.82, 2.24) is 0 Å². The molecule has 1 rings (SSSR count). The van der Waals surface area contributed by atoms with E-state index in [1.165, 1.54) is 26.0 Å². The SMILES string of the molecule is CC(C)S(=O)(=O)c1cc(C(=O)O)ccc1Cl. The highest BCUT2D eigenvalue weighted by atomic mass is 35.5. The Morgan fingerprint density at radius 2 is 1.94 bits per heavy atom. The Kier molecular flexibility index (Phi) is 3.60. The predicted octanol–water partition coefficient (Wildman–Crippen LogP) is 2.22. The topological polar surface area (TPSA) is 71.4 Å². The summed E-state index contributed by atoms with van der Waals surface area (Å²) in [5.41, 5.74) is -0.0939. The van der Waals surface area contributed by atoms with Gasteiger partial charge < -0.3 is 5.11 Å². The lowest BCUT2D eigenvalue weighted by Gasteiger charge is -2.10. The molecule has 0 saturated carbocycles. The number of hydrogen-bond acceptors (Lipinski definition) is 3. The van der Waals surface area contributed by atoms with Crippen molar-refractivity contribution in [2.45, 2.75) is 24.0 Å². The van der Waals surface area contributed by atoms with E-state index < -0.39 is 21.1 Å². The molecule has 1 N–H and O–H groups in total. The Balaban J connectivity index is 3.45. The van der Waals surface area contributed by atoms with Crippen LogP contribution in [0.3, 0.4) is 0 Å². The summed E-state index contributed by atoms with van der Waals surface area (Å²) in [7, 11) is -3.56. The van der Waals surface area contributed by atoms with Gasteiger partial charge in [-0.15, -0.1) is 0 Å². The standard InChI is InChI=1S/C10H11ClO4S/c1-6(2)16(14,15)9-5-7(10(12)13)3-4-8(9)11/h3-6H,1-2H3,(H,12,13). The molecule has 0 spiro atoms. The molecule has 0 radical (unpaired) electrons. The molecule has 0 fully saturated rings. The number of carboxylic acids is 1. The van der Waals surface area contributed by atoms with E-state index in [1.54, 1.807) is 0 Å². The van der Waals surface area contributed by atoms with E-state index in [-0.39, 0.29) is 15.5 Å². The fourth-order valence-corrected chi connectivity index (χ4v) is 2.69. The minimum absolute atomic E-state index is 0.0405. The average molecular weight is 263 g/mol. The summed E-state index contributed by atoms with van der Waals surface area (Å²) in [5, 5.41) is 8.16. The molecule has 1 aromatic rings. The van der Waals surface area contributed by atoms with Crippen molar-refractivity contribution in [3.05, 3.63) is 28.8 Å². The van der Waals surface area contributed by atoms with Gasteiger partial charge in [0.05, 0.1) is 20.7 Å². The fraction of sp³-hybridized carbons (Fsp3) is 0.300. The van der Waals surface area contributed by atoms with Gasteiger partial charge in [-0.05, 0) is 32.0 Å². The van der Waals surface area contributed by atoms with E-state index in [9.17, 15) is 13.2 Å². The molecule has 88 valence electrons. The van der Waals surface area contributed by atoms with Gasteiger partial charge in [0.2, 0.25) is 0 Å². The van der Waals surface area contributed by atoms with Gasteiger partial charge in [0.25, 0.3) is 0 Å². The van der Waals surface area contributed by atoms with Gasteiger partial charge in [0.1, 0.15) is 0 Å². The van der Waals surface area contributed by atoms with Crippen LogP contribution in [0, 0.1) is 0 Å². The number of aromatic carboxylic acids is 1. The third kappa shape index (κ3) is 2.36. The predicted molar refractivity (Wildman–Crippen MR) is 60.7 cm³/mol. The van der Waals surface area contributed by atoms with Crippen molar-refractivity contribution >= 4 is 27.4 Å². The van der Waals surface area contributed by atoms with Crippen LogP contribution < -0.4 is 0 Å². The van der Waals surface area contributed by atoms with Gasteiger partial charge >= 0.3 is 5.97 Å². The van der Waals surface area contributed by atoms with Gasteiger partial charge in [-0.2, -0.15) is 0 Å². The number of benzene rings is 1. The third-order valence-corrected chi connectivity index (χ3v) is 4.74. The van der Waals surface area contributed by atoms with Crippen LogP contribution in [0.4, 0.5) is 0 Å². The highest BCUT2D eigenvalue weighted by Crippen LogP contribution is 2.26. The molecular formula is C10H11ClO4S. The zero-order valence-electron chi connectivity index (χ0n) is 8.77. The van der Waals surface area contributed by atoms with Gasteiger partial charge in [-0.3, -0.25) is 0 Å². The molecule has 0 saturated heterocycles. The Bertz CT molecular complexity index is 520. The van der Waals surface area contributed by atoms with Crippen LogP contribution >= 0.6 is 11.6 Å². The van der Waals surface area contributed by atoms with Gasteiger partial charge in [0, 0.05) is 0 Å². The normalized spacial score (nSPS) is 11.8. The van der Waals surface area contributed by atoms with Crippen LogP contribution in [-0.4, -0.2) is 24.7 Å². The van der Waals surface area contributed by atoms with Gasteiger partial charge in [-0.1, -0.05) is 11.6 Å². The van der Waals surface area contributed by atoms with Crippen LogP contribution in [0.2, 0.25) is 5.02 Å². The molecular weight excluding hydrogens is 252 g/mol. The van der Waals surface area contributed by atoms with E-state index in [0.29, 0.717) is 0 Å². The molecule has 1 aromatic carbocycles. The molecule has 0 heterocycles. The molecule has 0 bridgehead atoms. The van der Waals surface area contributed by atoms with Crippen molar-refractivity contribution in [3.63, 3.8) is 0 Å². The second-order valence-corrected chi connectivity index (χ2v) is 6.42. The Morgan fingerprint density at radius 1 is 1.38 bits per heavy atom. The first-order valence-corrected chi connectivity index (χ1v) is 6.46. The highest BCUT2D eigenvalue weighted by molar-refractivity contribution is 7.92. The molecule has 0 aromatic heterocycles. The molecule has 4 nitrogen and oxygen atoms in total. The monoisotopic (exact) mass is 262 g/mol. The summed E-state index contributed by atoms with van der Waals surface area (Å²) >= 11 is 5.76. The lowest BCUT2D eigenvalue weighted by molar-refractivity contribution is 0.0696. The largest absolute Gasteiger partial charge is 0.478 e. The van der Waals surface area contributed by atoms with E-state index in [2.05, 4.69) is 0 Å². The molecule has 0 aliphatic carbocycles. The molecule has 0 amide bonds. The maximum absolute atomic E-state index is 11.9. The number of carbonyl (C=O) groups is 1. The van der Waals surface area contributed by atoms with Crippen LogP contribution in [-0.2, 0) is 9.84 Å². The van der Waals surface area contributed by atoms with Crippen LogP contribution in [0.15, 0.2) is 23.1 Å². The van der Waals surface area contributed by atoms with Crippen molar-refractivity contribution in [2.75, 3.05) is 0 Å². The average Bonchev–Trinajstić information content (AvgIpc) is 2.17. The van der Waals surface area contributed by atoms with E-state index in [0.717, 1.165) is 6.07 Å². The van der Waals surface area contributed by atoms with Crippen molar-refractivity contribution in [3.8, 4) is 0 Å². The summed E-state index contributed by atoms with van der Waals surface area (Å²) in [4.78, 5) is 10.6. The first-order chi connectivity index (χ1) is 7.26. The number of halogens is 1. The first kappa shape index (κ1) is 13.0. The maximum atomic E-state index is 11.9. The molecule has 6 heteroatoms. The molecule has 0 unspecified atom stereocenters. The van der Waals surface area contributed by atoms with Crippen LogP contribution in [0.25, 0.3) is 0 Å². The van der Waals surface area contributed by atoms with E-state index in [1.807, 2.05) is 0 Å². The third-order valence-electron chi connectivity index (χ3n) is 2.11. The van der Waals surface area contributed by atoms with E-state index in [4.69, 9.17) is 16.7 Å². The lowest BCUT2D eigenvalue weighted by Crippen LogP contribution is -2.15. The van der Waals surface area contributed by atoms with Crippen LogP contribution in [0.1, 0.15) is 24.2 Å². The zero-order valence-corrected chi connectivity index (χ0v) is 10.3. The minimum Gasteiger partial charge on any atom is -0.478 e. The zero-order chi connectivity index (χ0) is 12.5. The molecule has 0 aliphatic rings. The molecule has 0 atom stereocenters. The van der Waals surface area contributed by atoms with Crippen LogP contribution in [0.5, 0.6) is 0 Å². The number of sulfone groups is 1. The van der Waals surface area contributed by atoms with Crippen molar-refractivity contribution < 1.29 is 18.3 Å². The minimum atomic E-state index is -3.56. The summed E-state index contributed by atoms with van der Waals surface area (Å²) in [6.07, 6.45) is 0. The number of rotatable bonds is 3. The fourth-order valence-electron chi connectivity index (χ4n) is 1.11. The first-order valence-electron chi connectivity index (χ1n) is 4.53. The Labute approximate surface area is 98.8 Å². The Hall–Kier alpha value is -1.07. The van der Waals surface area contributed by atoms with Crippen molar-refractivity contribution in [1.29, 1.82) is 0 Å².